The maximum absolute atomic E-state index is 13.4. The summed E-state index contributed by atoms with van der Waals surface area (Å²) in [5.41, 5.74) is 2.10. The van der Waals surface area contributed by atoms with Crippen molar-refractivity contribution in [1.29, 1.82) is 0 Å². The molecular formula is C26H31N3O5Si. The highest BCUT2D eigenvalue weighted by Crippen LogP contribution is 2.58. The molecule has 0 unspecified atom stereocenters. The van der Waals surface area contributed by atoms with Gasteiger partial charge in [0.1, 0.15) is 0 Å². The summed E-state index contributed by atoms with van der Waals surface area (Å²) in [7, 11) is -2.74. The molecule has 9 heteroatoms. The Morgan fingerprint density at radius 3 is 2.60 bits per heavy atom. The number of hydrogen-bond donors (Lipinski definition) is 3. The van der Waals surface area contributed by atoms with E-state index >= 15 is 0 Å². The van der Waals surface area contributed by atoms with Gasteiger partial charge in [-0.3, -0.25) is 9.59 Å². The minimum atomic E-state index is -2.74. The predicted molar refractivity (Wildman–Crippen MR) is 136 cm³/mol. The van der Waals surface area contributed by atoms with Crippen LogP contribution >= 0.6 is 0 Å². The van der Waals surface area contributed by atoms with Crippen molar-refractivity contribution in [2.45, 2.75) is 56.5 Å². The lowest BCUT2D eigenvalue weighted by Crippen LogP contribution is -2.43. The van der Waals surface area contributed by atoms with Gasteiger partial charge in [-0.2, -0.15) is 5.10 Å². The fourth-order valence-corrected chi connectivity index (χ4v) is 8.61. The molecule has 3 aliphatic rings. The van der Waals surface area contributed by atoms with Crippen LogP contribution in [0.5, 0.6) is 0 Å². The SMILES string of the molecule is C[C@H]1[C@H]([Si](C)(C)O)[C@@H](CCO)O[C@]12C(=O)Nc1ccc(N3N=C(c4ccccc4)CCC3=O)cc12. The number of aliphatic hydroxyl groups excluding tert-OH is 1. The van der Waals surface area contributed by atoms with Crippen LogP contribution in [0.2, 0.25) is 18.6 Å². The Labute approximate surface area is 205 Å². The lowest BCUT2D eigenvalue weighted by molar-refractivity contribution is -0.143. The van der Waals surface area contributed by atoms with Gasteiger partial charge >= 0.3 is 0 Å². The first-order valence-electron chi connectivity index (χ1n) is 12.1. The first-order chi connectivity index (χ1) is 16.7. The second-order valence-electron chi connectivity index (χ2n) is 10.2. The fourth-order valence-electron chi connectivity index (χ4n) is 6.01. The molecule has 0 aromatic heterocycles. The molecule has 2 amide bonds. The number of benzene rings is 2. The number of nitrogens with zero attached hydrogens (tertiary/aromatic N) is 2. The summed E-state index contributed by atoms with van der Waals surface area (Å²) in [4.78, 5) is 37.4. The minimum absolute atomic E-state index is 0.0950. The highest BCUT2D eigenvalue weighted by Gasteiger charge is 2.64. The molecule has 1 spiro atoms. The zero-order valence-corrected chi connectivity index (χ0v) is 21.2. The monoisotopic (exact) mass is 493 g/mol. The Balaban J connectivity index is 1.58. The van der Waals surface area contributed by atoms with Gasteiger partial charge in [0.25, 0.3) is 5.91 Å². The number of aliphatic hydroxyl groups is 1. The van der Waals surface area contributed by atoms with Crippen molar-refractivity contribution in [3.05, 3.63) is 59.7 Å². The third-order valence-corrected chi connectivity index (χ3v) is 10.0. The second kappa shape index (κ2) is 8.67. The summed E-state index contributed by atoms with van der Waals surface area (Å²) in [6.45, 7) is 5.53. The lowest BCUT2D eigenvalue weighted by Gasteiger charge is -2.32. The van der Waals surface area contributed by atoms with E-state index < -0.39 is 20.0 Å². The van der Waals surface area contributed by atoms with Crippen molar-refractivity contribution in [1.82, 2.24) is 0 Å². The predicted octanol–water partition coefficient (Wildman–Crippen LogP) is 3.35. The number of carbonyl (C=O) groups excluding carboxylic acids is 2. The third kappa shape index (κ3) is 3.83. The van der Waals surface area contributed by atoms with Crippen LogP contribution in [0, 0.1) is 5.92 Å². The van der Waals surface area contributed by atoms with Crippen LogP contribution in [0.3, 0.4) is 0 Å². The minimum Gasteiger partial charge on any atom is -0.432 e. The summed E-state index contributed by atoms with van der Waals surface area (Å²) < 4.78 is 6.46. The number of ether oxygens (including phenoxy) is 1. The van der Waals surface area contributed by atoms with Gasteiger partial charge in [0.05, 0.1) is 17.5 Å². The number of amides is 2. The second-order valence-corrected chi connectivity index (χ2v) is 14.1. The van der Waals surface area contributed by atoms with Crippen LogP contribution in [-0.2, 0) is 19.9 Å². The standard InChI is InChI=1S/C26H31N3O5Si/c1-16-24(35(2,3)33)22(13-14-30)34-26(16)19-15-18(9-10-21(19)27-25(26)32)29-23(31)12-11-20(28-29)17-7-5-4-6-8-17/h4-10,15-16,22,24,30,33H,11-14H2,1-3H3,(H,27,32)/t16-,22+,24-,26+/m0/s1. The number of carbonyl (C=O) groups is 2. The molecular weight excluding hydrogens is 462 g/mol. The largest absolute Gasteiger partial charge is 0.432 e. The van der Waals surface area contributed by atoms with E-state index in [0.717, 1.165) is 11.3 Å². The number of hydrazone groups is 1. The molecule has 0 radical (unpaired) electrons. The Morgan fingerprint density at radius 2 is 1.91 bits per heavy atom. The molecule has 4 atom stereocenters. The van der Waals surface area contributed by atoms with Gasteiger partial charge in [0, 0.05) is 42.2 Å². The van der Waals surface area contributed by atoms with Gasteiger partial charge in [-0.25, -0.2) is 5.01 Å². The van der Waals surface area contributed by atoms with Crippen molar-refractivity contribution < 1.29 is 24.2 Å². The van der Waals surface area contributed by atoms with Crippen molar-refractivity contribution in [2.24, 2.45) is 11.0 Å². The molecule has 5 rings (SSSR count). The van der Waals surface area contributed by atoms with Crippen molar-refractivity contribution in [2.75, 3.05) is 16.9 Å². The molecule has 3 aliphatic heterocycles. The normalized spacial score (nSPS) is 28.3. The number of fused-ring (bicyclic) bond motifs is 2. The Bertz CT molecular complexity index is 1200. The van der Waals surface area contributed by atoms with Gasteiger partial charge in [-0.05, 0) is 43.3 Å². The van der Waals surface area contributed by atoms with E-state index in [1.807, 2.05) is 56.4 Å². The molecule has 184 valence electrons. The molecule has 3 N–H and O–H groups in total. The number of anilines is 2. The van der Waals surface area contributed by atoms with Crippen molar-refractivity contribution in [3.8, 4) is 0 Å². The van der Waals surface area contributed by atoms with Gasteiger partial charge in [-0.15, -0.1) is 0 Å². The van der Waals surface area contributed by atoms with Crippen LogP contribution < -0.4 is 10.3 Å². The van der Waals surface area contributed by atoms with Gasteiger partial charge in [0.15, 0.2) is 13.9 Å². The highest BCUT2D eigenvalue weighted by molar-refractivity contribution is 6.71. The van der Waals surface area contributed by atoms with Crippen LogP contribution in [-0.4, -0.2) is 48.5 Å². The third-order valence-electron chi connectivity index (χ3n) is 7.52. The molecule has 8 nitrogen and oxygen atoms in total. The molecule has 2 aromatic carbocycles. The van der Waals surface area contributed by atoms with Crippen LogP contribution in [0.15, 0.2) is 53.6 Å². The first kappa shape index (κ1) is 23.9. The summed E-state index contributed by atoms with van der Waals surface area (Å²) in [6.07, 6.45) is 0.798. The summed E-state index contributed by atoms with van der Waals surface area (Å²) in [5.74, 6) is -0.710. The smallest absolute Gasteiger partial charge is 0.261 e. The molecule has 3 heterocycles. The maximum Gasteiger partial charge on any atom is 0.261 e. The molecule has 2 aromatic rings. The molecule has 1 saturated heterocycles. The van der Waals surface area contributed by atoms with E-state index in [0.29, 0.717) is 36.2 Å². The molecule has 0 bridgehead atoms. The fraction of sp³-hybridized carbons (Fsp3) is 0.423. The van der Waals surface area contributed by atoms with Gasteiger partial charge in [-0.1, -0.05) is 37.3 Å². The van der Waals surface area contributed by atoms with E-state index in [1.54, 1.807) is 12.1 Å². The Morgan fingerprint density at radius 1 is 1.17 bits per heavy atom. The van der Waals surface area contributed by atoms with Crippen LogP contribution in [0.4, 0.5) is 11.4 Å². The molecule has 0 aliphatic carbocycles. The number of rotatable bonds is 5. The zero-order valence-electron chi connectivity index (χ0n) is 20.2. The Kier molecular flexibility index (Phi) is 5.91. The summed E-state index contributed by atoms with van der Waals surface area (Å²) in [6, 6.07) is 15.1. The number of nitrogens with one attached hydrogen (secondary N) is 1. The van der Waals surface area contributed by atoms with E-state index in [4.69, 9.17) is 4.74 Å². The summed E-state index contributed by atoms with van der Waals surface area (Å²) in [5, 5.41) is 18.7. The van der Waals surface area contributed by atoms with Crippen molar-refractivity contribution in [3.63, 3.8) is 0 Å². The average molecular weight is 494 g/mol. The zero-order chi connectivity index (χ0) is 25.0. The Hall–Kier alpha value is -2.85. The molecule has 35 heavy (non-hydrogen) atoms. The molecule has 0 saturated carbocycles. The number of hydrogen-bond acceptors (Lipinski definition) is 6. The highest BCUT2D eigenvalue weighted by atomic mass is 28.4. The lowest BCUT2D eigenvalue weighted by atomic mass is 9.82. The van der Waals surface area contributed by atoms with E-state index in [1.165, 1.54) is 5.01 Å². The van der Waals surface area contributed by atoms with Gasteiger partial charge < -0.3 is 20.0 Å². The van der Waals surface area contributed by atoms with Gasteiger partial charge in [0.2, 0.25) is 5.91 Å². The maximum atomic E-state index is 13.4. The van der Waals surface area contributed by atoms with Crippen LogP contribution in [0.1, 0.15) is 37.3 Å². The molecule has 1 fully saturated rings. The first-order valence-corrected chi connectivity index (χ1v) is 15.1. The van der Waals surface area contributed by atoms with E-state index in [9.17, 15) is 19.5 Å². The van der Waals surface area contributed by atoms with E-state index in [-0.39, 0.29) is 29.9 Å². The van der Waals surface area contributed by atoms with E-state index in [2.05, 4.69) is 10.4 Å². The van der Waals surface area contributed by atoms with Crippen molar-refractivity contribution >= 4 is 37.2 Å². The van der Waals surface area contributed by atoms with Crippen LogP contribution in [0.25, 0.3) is 0 Å². The average Bonchev–Trinajstić information content (AvgIpc) is 3.28. The topological polar surface area (TPSA) is 111 Å². The summed E-state index contributed by atoms with van der Waals surface area (Å²) >= 11 is 0. The quantitative estimate of drug-likeness (QED) is 0.553.